The Hall–Kier alpha value is -2.08. The van der Waals surface area contributed by atoms with Crippen molar-refractivity contribution in [3.05, 3.63) is 29.3 Å². The van der Waals surface area contributed by atoms with Gasteiger partial charge in [0.2, 0.25) is 0 Å². The first kappa shape index (κ1) is 15.3. The van der Waals surface area contributed by atoms with Gasteiger partial charge in [0.15, 0.2) is 0 Å². The predicted octanol–water partition coefficient (Wildman–Crippen LogP) is 2.24. The molecule has 1 aromatic carbocycles. The molecule has 6 nitrogen and oxygen atoms in total. The second-order valence-corrected chi connectivity index (χ2v) is 5.19. The molecule has 1 saturated heterocycles. The SMILES string of the molecule is Cc1cccc(C(=O)O)c1NC(=O)NCC1CCOCC1. The lowest BCUT2D eigenvalue weighted by molar-refractivity contribution is 0.0670. The molecule has 0 aliphatic carbocycles. The van der Waals surface area contributed by atoms with Crippen molar-refractivity contribution in [2.45, 2.75) is 19.8 Å². The van der Waals surface area contributed by atoms with Gasteiger partial charge in [-0.15, -0.1) is 0 Å². The van der Waals surface area contributed by atoms with Gasteiger partial charge < -0.3 is 20.5 Å². The van der Waals surface area contributed by atoms with E-state index in [2.05, 4.69) is 10.6 Å². The molecule has 3 N–H and O–H groups in total. The van der Waals surface area contributed by atoms with Gasteiger partial charge in [-0.3, -0.25) is 0 Å². The minimum Gasteiger partial charge on any atom is -0.478 e. The number of carboxylic acid groups (broad SMARTS) is 1. The third-order valence-electron chi connectivity index (χ3n) is 3.63. The number of benzene rings is 1. The van der Waals surface area contributed by atoms with E-state index in [4.69, 9.17) is 9.84 Å². The van der Waals surface area contributed by atoms with E-state index in [1.54, 1.807) is 19.1 Å². The van der Waals surface area contributed by atoms with Crippen LogP contribution in [-0.4, -0.2) is 36.9 Å². The van der Waals surface area contributed by atoms with Gasteiger partial charge in [-0.25, -0.2) is 9.59 Å². The van der Waals surface area contributed by atoms with E-state index in [1.165, 1.54) is 6.07 Å². The average molecular weight is 292 g/mol. The number of rotatable bonds is 4. The van der Waals surface area contributed by atoms with Crippen LogP contribution in [0.5, 0.6) is 0 Å². The van der Waals surface area contributed by atoms with Crippen molar-refractivity contribution >= 4 is 17.7 Å². The summed E-state index contributed by atoms with van der Waals surface area (Å²) >= 11 is 0. The average Bonchev–Trinajstić information content (AvgIpc) is 2.48. The first-order valence-corrected chi connectivity index (χ1v) is 7.03. The van der Waals surface area contributed by atoms with E-state index < -0.39 is 5.97 Å². The molecule has 1 fully saturated rings. The molecule has 0 aromatic heterocycles. The van der Waals surface area contributed by atoms with E-state index in [0.29, 0.717) is 18.2 Å². The highest BCUT2D eigenvalue weighted by atomic mass is 16.5. The fraction of sp³-hybridized carbons (Fsp3) is 0.467. The second kappa shape index (κ2) is 7.08. The summed E-state index contributed by atoms with van der Waals surface area (Å²) in [6.45, 7) is 3.80. The summed E-state index contributed by atoms with van der Waals surface area (Å²) in [5.74, 6) is -0.640. The zero-order chi connectivity index (χ0) is 15.2. The monoisotopic (exact) mass is 292 g/mol. The quantitative estimate of drug-likeness (QED) is 0.794. The number of anilines is 1. The summed E-state index contributed by atoms with van der Waals surface area (Å²) in [5.41, 5.74) is 1.15. The van der Waals surface area contributed by atoms with E-state index in [9.17, 15) is 9.59 Å². The topological polar surface area (TPSA) is 87.7 Å². The molecule has 1 aliphatic heterocycles. The van der Waals surface area contributed by atoms with Crippen LogP contribution in [0.1, 0.15) is 28.8 Å². The Bertz CT molecular complexity index is 524. The minimum atomic E-state index is -1.06. The van der Waals surface area contributed by atoms with Gasteiger partial charge >= 0.3 is 12.0 Å². The normalized spacial score (nSPS) is 15.5. The van der Waals surface area contributed by atoms with E-state index in [1.807, 2.05) is 0 Å². The molecule has 1 aromatic rings. The summed E-state index contributed by atoms with van der Waals surface area (Å²) in [5, 5.41) is 14.6. The number of urea groups is 1. The van der Waals surface area contributed by atoms with Crippen LogP contribution in [0, 0.1) is 12.8 Å². The Morgan fingerprint density at radius 1 is 1.33 bits per heavy atom. The maximum Gasteiger partial charge on any atom is 0.337 e. The van der Waals surface area contributed by atoms with Gasteiger partial charge in [0.05, 0.1) is 11.3 Å². The molecule has 2 amide bonds. The first-order valence-electron chi connectivity index (χ1n) is 7.03. The molecule has 21 heavy (non-hydrogen) atoms. The number of hydrogen-bond acceptors (Lipinski definition) is 3. The van der Waals surface area contributed by atoms with Crippen LogP contribution in [-0.2, 0) is 4.74 Å². The third-order valence-corrected chi connectivity index (χ3v) is 3.63. The minimum absolute atomic E-state index is 0.0937. The fourth-order valence-corrected chi connectivity index (χ4v) is 2.36. The molecule has 0 bridgehead atoms. The van der Waals surface area contributed by atoms with E-state index in [0.717, 1.165) is 31.6 Å². The Morgan fingerprint density at radius 3 is 2.71 bits per heavy atom. The van der Waals surface area contributed by atoms with Crippen LogP contribution in [0.4, 0.5) is 10.5 Å². The Balaban J connectivity index is 1.94. The zero-order valence-electron chi connectivity index (χ0n) is 12.0. The standard InChI is InChI=1S/C15H20N2O4/c1-10-3-2-4-12(14(18)19)13(10)17-15(20)16-9-11-5-7-21-8-6-11/h2-4,11H,5-9H2,1H3,(H,18,19)(H2,16,17,20). The van der Waals surface area contributed by atoms with Crippen LogP contribution >= 0.6 is 0 Å². The molecule has 0 spiro atoms. The lowest BCUT2D eigenvalue weighted by Gasteiger charge is -2.22. The number of carbonyl (C=O) groups excluding carboxylic acids is 1. The maximum atomic E-state index is 11.9. The molecule has 2 rings (SSSR count). The smallest absolute Gasteiger partial charge is 0.337 e. The second-order valence-electron chi connectivity index (χ2n) is 5.19. The van der Waals surface area contributed by atoms with Crippen molar-refractivity contribution in [3.63, 3.8) is 0 Å². The molecule has 0 saturated carbocycles. The molecule has 1 aliphatic rings. The highest BCUT2D eigenvalue weighted by Gasteiger charge is 2.17. The highest BCUT2D eigenvalue weighted by Crippen LogP contribution is 2.20. The summed E-state index contributed by atoms with van der Waals surface area (Å²) < 4.78 is 5.27. The Morgan fingerprint density at radius 2 is 2.05 bits per heavy atom. The number of aromatic carboxylic acids is 1. The number of carboxylic acids is 1. The van der Waals surface area contributed by atoms with Crippen molar-refractivity contribution < 1.29 is 19.4 Å². The number of carbonyl (C=O) groups is 2. The zero-order valence-corrected chi connectivity index (χ0v) is 12.0. The van der Waals surface area contributed by atoms with Crippen LogP contribution in [0.25, 0.3) is 0 Å². The van der Waals surface area contributed by atoms with Gasteiger partial charge in [-0.1, -0.05) is 12.1 Å². The Kier molecular flexibility index (Phi) is 5.16. The Labute approximate surface area is 123 Å². The number of amides is 2. The van der Waals surface area contributed by atoms with E-state index in [-0.39, 0.29) is 11.6 Å². The summed E-state index contributed by atoms with van der Waals surface area (Å²) in [7, 11) is 0. The number of nitrogens with one attached hydrogen (secondary N) is 2. The van der Waals surface area contributed by atoms with Crippen LogP contribution in [0.2, 0.25) is 0 Å². The molecule has 6 heteroatoms. The molecule has 0 radical (unpaired) electrons. The van der Waals surface area contributed by atoms with Crippen molar-refractivity contribution in [1.29, 1.82) is 0 Å². The molecular formula is C15H20N2O4. The fourth-order valence-electron chi connectivity index (χ4n) is 2.36. The highest BCUT2D eigenvalue weighted by molar-refractivity contribution is 6.00. The van der Waals surface area contributed by atoms with Gasteiger partial charge in [0.1, 0.15) is 0 Å². The van der Waals surface area contributed by atoms with E-state index >= 15 is 0 Å². The van der Waals surface area contributed by atoms with Gasteiger partial charge in [-0.05, 0) is 37.3 Å². The molecule has 0 unspecified atom stereocenters. The van der Waals surface area contributed by atoms with Crippen LogP contribution in [0.3, 0.4) is 0 Å². The number of ether oxygens (including phenoxy) is 1. The lowest BCUT2D eigenvalue weighted by Crippen LogP contribution is -2.35. The number of para-hydroxylation sites is 1. The van der Waals surface area contributed by atoms with Gasteiger partial charge in [0, 0.05) is 19.8 Å². The third kappa shape index (κ3) is 4.19. The maximum absolute atomic E-state index is 11.9. The molecule has 0 atom stereocenters. The molecule has 114 valence electrons. The molecule has 1 heterocycles. The van der Waals surface area contributed by atoms with Crippen molar-refractivity contribution in [1.82, 2.24) is 5.32 Å². The van der Waals surface area contributed by atoms with Crippen molar-refractivity contribution in [3.8, 4) is 0 Å². The van der Waals surface area contributed by atoms with Crippen LogP contribution < -0.4 is 10.6 Å². The van der Waals surface area contributed by atoms with Crippen molar-refractivity contribution in [2.24, 2.45) is 5.92 Å². The van der Waals surface area contributed by atoms with Gasteiger partial charge in [-0.2, -0.15) is 0 Å². The number of hydrogen-bond donors (Lipinski definition) is 3. The van der Waals surface area contributed by atoms with Crippen LogP contribution in [0.15, 0.2) is 18.2 Å². The van der Waals surface area contributed by atoms with Gasteiger partial charge in [0.25, 0.3) is 0 Å². The largest absolute Gasteiger partial charge is 0.478 e. The molecular weight excluding hydrogens is 272 g/mol. The van der Waals surface area contributed by atoms with Crippen molar-refractivity contribution in [2.75, 3.05) is 25.1 Å². The number of aryl methyl sites for hydroxylation is 1. The summed E-state index contributed by atoms with van der Waals surface area (Å²) in [6, 6.07) is 4.52. The predicted molar refractivity (Wildman–Crippen MR) is 78.7 cm³/mol. The summed E-state index contributed by atoms with van der Waals surface area (Å²) in [6.07, 6.45) is 1.87. The lowest BCUT2D eigenvalue weighted by atomic mass is 10.0. The first-order chi connectivity index (χ1) is 10.1. The summed E-state index contributed by atoms with van der Waals surface area (Å²) in [4.78, 5) is 23.1.